The SMILES string of the molecule is O=C(NCCN(CC1CC1)C1CC1)NC1CC2CCC1O2. The summed E-state index contributed by atoms with van der Waals surface area (Å²) in [6.07, 6.45) is 9.43. The summed E-state index contributed by atoms with van der Waals surface area (Å²) >= 11 is 0. The molecule has 4 aliphatic rings. The lowest BCUT2D eigenvalue weighted by molar-refractivity contribution is 0.0981. The molecule has 0 spiro atoms. The number of ether oxygens (including phenoxy) is 1. The fraction of sp³-hybridized carbons (Fsp3) is 0.938. The van der Waals surface area contributed by atoms with Crippen LogP contribution in [0.4, 0.5) is 4.79 Å². The van der Waals surface area contributed by atoms with E-state index in [1.165, 1.54) is 38.6 Å². The van der Waals surface area contributed by atoms with Crippen LogP contribution in [0.5, 0.6) is 0 Å². The molecule has 21 heavy (non-hydrogen) atoms. The fourth-order valence-electron chi connectivity index (χ4n) is 3.82. The van der Waals surface area contributed by atoms with Gasteiger partial charge in [0.1, 0.15) is 0 Å². The number of carbonyl (C=O) groups is 1. The molecule has 5 nitrogen and oxygen atoms in total. The molecular weight excluding hydrogens is 266 g/mol. The maximum absolute atomic E-state index is 12.0. The van der Waals surface area contributed by atoms with E-state index in [-0.39, 0.29) is 18.2 Å². The topological polar surface area (TPSA) is 53.6 Å². The Balaban J connectivity index is 1.15. The first kappa shape index (κ1) is 13.8. The van der Waals surface area contributed by atoms with E-state index in [1.807, 2.05) is 0 Å². The van der Waals surface area contributed by atoms with Gasteiger partial charge in [-0.3, -0.25) is 4.90 Å². The summed E-state index contributed by atoms with van der Waals surface area (Å²) in [7, 11) is 0. The molecule has 5 heteroatoms. The van der Waals surface area contributed by atoms with Gasteiger partial charge in [0.05, 0.1) is 18.2 Å². The minimum atomic E-state index is -0.0154. The first-order valence-corrected chi connectivity index (χ1v) is 8.72. The molecule has 118 valence electrons. The first-order valence-electron chi connectivity index (χ1n) is 8.72. The second-order valence-corrected chi connectivity index (χ2v) is 7.29. The van der Waals surface area contributed by atoms with E-state index in [2.05, 4.69) is 15.5 Å². The summed E-state index contributed by atoms with van der Waals surface area (Å²) in [6, 6.07) is 1.02. The van der Waals surface area contributed by atoms with E-state index >= 15 is 0 Å². The van der Waals surface area contributed by atoms with Gasteiger partial charge in [-0.25, -0.2) is 4.79 Å². The van der Waals surface area contributed by atoms with Crippen molar-refractivity contribution in [3.05, 3.63) is 0 Å². The molecule has 4 rings (SSSR count). The van der Waals surface area contributed by atoms with Crippen LogP contribution in [-0.4, -0.2) is 54.9 Å². The van der Waals surface area contributed by atoms with Crippen molar-refractivity contribution in [2.24, 2.45) is 5.92 Å². The number of nitrogens with zero attached hydrogens (tertiary/aromatic N) is 1. The second kappa shape index (κ2) is 5.76. The zero-order chi connectivity index (χ0) is 14.2. The van der Waals surface area contributed by atoms with Crippen LogP contribution < -0.4 is 10.6 Å². The molecule has 3 unspecified atom stereocenters. The minimum Gasteiger partial charge on any atom is -0.373 e. The maximum atomic E-state index is 12.0. The molecule has 2 aliphatic carbocycles. The minimum absolute atomic E-state index is 0.0154. The number of carbonyl (C=O) groups excluding carboxylic acids is 1. The van der Waals surface area contributed by atoms with Gasteiger partial charge >= 0.3 is 6.03 Å². The molecule has 2 amide bonds. The molecule has 2 saturated heterocycles. The molecule has 0 aromatic carbocycles. The van der Waals surface area contributed by atoms with Crippen LogP contribution in [0, 0.1) is 5.92 Å². The standard InChI is InChI=1S/C16H27N3O2/c20-16(18-14-9-13-5-6-15(14)21-13)17-7-8-19(12-3-4-12)10-11-1-2-11/h11-15H,1-10H2,(H2,17,18,20). The molecule has 4 fully saturated rings. The Bertz CT molecular complexity index is 395. The van der Waals surface area contributed by atoms with Gasteiger partial charge in [0.2, 0.25) is 0 Å². The van der Waals surface area contributed by atoms with Crippen LogP contribution >= 0.6 is 0 Å². The number of hydrogen-bond acceptors (Lipinski definition) is 3. The van der Waals surface area contributed by atoms with E-state index in [0.29, 0.717) is 6.10 Å². The zero-order valence-corrected chi connectivity index (χ0v) is 12.7. The van der Waals surface area contributed by atoms with Crippen molar-refractivity contribution in [3.8, 4) is 0 Å². The molecule has 2 saturated carbocycles. The molecule has 3 atom stereocenters. The third-order valence-corrected chi connectivity index (χ3v) is 5.36. The third-order valence-electron chi connectivity index (χ3n) is 5.36. The second-order valence-electron chi connectivity index (χ2n) is 7.29. The normalized spacial score (nSPS) is 34.4. The molecule has 2 bridgehead atoms. The highest BCUT2D eigenvalue weighted by Crippen LogP contribution is 2.35. The highest BCUT2D eigenvalue weighted by Gasteiger charge is 2.41. The molecule has 0 aromatic rings. The maximum Gasteiger partial charge on any atom is 0.315 e. The molecule has 2 heterocycles. The highest BCUT2D eigenvalue weighted by molar-refractivity contribution is 5.74. The lowest BCUT2D eigenvalue weighted by atomic mass is 9.96. The average molecular weight is 293 g/mol. The van der Waals surface area contributed by atoms with Gasteiger partial charge in [0, 0.05) is 25.7 Å². The summed E-state index contributed by atoms with van der Waals surface area (Å²) < 4.78 is 5.77. The highest BCUT2D eigenvalue weighted by atomic mass is 16.5. The molecule has 2 aliphatic heterocycles. The summed E-state index contributed by atoms with van der Waals surface area (Å²) in [4.78, 5) is 14.6. The van der Waals surface area contributed by atoms with Crippen LogP contribution in [0.15, 0.2) is 0 Å². The summed E-state index contributed by atoms with van der Waals surface area (Å²) in [5.41, 5.74) is 0. The van der Waals surface area contributed by atoms with Crippen molar-refractivity contribution in [1.82, 2.24) is 15.5 Å². The van der Waals surface area contributed by atoms with Crippen LogP contribution in [0.1, 0.15) is 44.9 Å². The van der Waals surface area contributed by atoms with Crippen LogP contribution in [0.3, 0.4) is 0 Å². The van der Waals surface area contributed by atoms with Gasteiger partial charge in [-0.2, -0.15) is 0 Å². The number of amides is 2. The molecule has 2 N–H and O–H groups in total. The first-order chi connectivity index (χ1) is 10.3. The fourth-order valence-corrected chi connectivity index (χ4v) is 3.82. The van der Waals surface area contributed by atoms with Gasteiger partial charge in [0.15, 0.2) is 0 Å². The number of fused-ring (bicyclic) bond motifs is 2. The number of urea groups is 1. The van der Waals surface area contributed by atoms with Crippen molar-refractivity contribution >= 4 is 6.03 Å². The van der Waals surface area contributed by atoms with Crippen LogP contribution in [0.25, 0.3) is 0 Å². The van der Waals surface area contributed by atoms with Gasteiger partial charge in [0.25, 0.3) is 0 Å². The van der Waals surface area contributed by atoms with Crippen LogP contribution in [0.2, 0.25) is 0 Å². The molecule has 0 radical (unpaired) electrons. The van der Waals surface area contributed by atoms with Crippen LogP contribution in [-0.2, 0) is 4.74 Å². The number of nitrogens with one attached hydrogen (secondary N) is 2. The molecule has 0 aromatic heterocycles. The quantitative estimate of drug-likeness (QED) is 0.747. The van der Waals surface area contributed by atoms with E-state index in [0.717, 1.165) is 37.9 Å². The van der Waals surface area contributed by atoms with Crippen molar-refractivity contribution in [2.75, 3.05) is 19.6 Å². The number of hydrogen-bond donors (Lipinski definition) is 2. The van der Waals surface area contributed by atoms with Gasteiger partial charge < -0.3 is 15.4 Å². The monoisotopic (exact) mass is 293 g/mol. The van der Waals surface area contributed by atoms with Gasteiger partial charge in [-0.05, 0) is 50.9 Å². The predicted molar refractivity (Wildman–Crippen MR) is 80.2 cm³/mol. The Labute approximate surface area is 126 Å². The van der Waals surface area contributed by atoms with E-state index < -0.39 is 0 Å². The van der Waals surface area contributed by atoms with Crippen molar-refractivity contribution < 1.29 is 9.53 Å². The van der Waals surface area contributed by atoms with E-state index in [4.69, 9.17) is 4.74 Å². The van der Waals surface area contributed by atoms with Crippen molar-refractivity contribution in [2.45, 2.75) is 69.2 Å². The van der Waals surface area contributed by atoms with Gasteiger partial charge in [-0.1, -0.05) is 0 Å². The number of rotatable bonds is 7. The van der Waals surface area contributed by atoms with E-state index in [1.54, 1.807) is 0 Å². The Morgan fingerprint density at radius 3 is 2.62 bits per heavy atom. The summed E-state index contributed by atoms with van der Waals surface area (Å²) in [5, 5.41) is 6.12. The van der Waals surface area contributed by atoms with Gasteiger partial charge in [-0.15, -0.1) is 0 Å². The predicted octanol–water partition coefficient (Wildman–Crippen LogP) is 1.48. The molecular formula is C16H27N3O2. The van der Waals surface area contributed by atoms with Crippen molar-refractivity contribution in [1.29, 1.82) is 0 Å². The Hall–Kier alpha value is -0.810. The zero-order valence-electron chi connectivity index (χ0n) is 12.7. The smallest absolute Gasteiger partial charge is 0.315 e. The lowest BCUT2D eigenvalue weighted by Crippen LogP contribution is -2.48. The van der Waals surface area contributed by atoms with E-state index in [9.17, 15) is 4.79 Å². The Morgan fingerprint density at radius 1 is 1.14 bits per heavy atom. The average Bonchev–Trinajstić information content (AvgIpc) is 3.38. The summed E-state index contributed by atoms with van der Waals surface area (Å²) in [5.74, 6) is 0.936. The third kappa shape index (κ3) is 3.51. The van der Waals surface area contributed by atoms with Crippen molar-refractivity contribution in [3.63, 3.8) is 0 Å². The lowest BCUT2D eigenvalue weighted by Gasteiger charge is -2.23. The Morgan fingerprint density at radius 2 is 2.00 bits per heavy atom. The largest absolute Gasteiger partial charge is 0.373 e. The Kier molecular flexibility index (Phi) is 3.79. The summed E-state index contributed by atoms with van der Waals surface area (Å²) in [6.45, 7) is 3.01.